The van der Waals surface area contributed by atoms with Crippen LogP contribution in [0.1, 0.15) is 0 Å². The summed E-state index contributed by atoms with van der Waals surface area (Å²) in [5.74, 6) is -1.63. The molecule has 0 heterocycles. The molecule has 0 fully saturated rings. The van der Waals surface area contributed by atoms with Crippen LogP contribution in [0, 0.1) is 11.6 Å². The zero-order chi connectivity index (χ0) is 9.97. The van der Waals surface area contributed by atoms with E-state index in [-0.39, 0.29) is 0 Å². The van der Waals surface area contributed by atoms with Crippen molar-refractivity contribution >= 4 is 0 Å². The minimum Gasteiger partial charge on any atom is -0.204 e. The molecule has 2 heteroatoms. The first-order valence-electron chi connectivity index (χ1n) is 4.28. The van der Waals surface area contributed by atoms with E-state index >= 15 is 0 Å². The fourth-order valence-electron chi connectivity index (χ4n) is 1.31. The third kappa shape index (κ3) is 1.64. The molecule has 0 spiro atoms. The highest BCUT2D eigenvalue weighted by molar-refractivity contribution is 5.63. The van der Waals surface area contributed by atoms with Gasteiger partial charge in [0.1, 0.15) is 0 Å². The van der Waals surface area contributed by atoms with E-state index in [1.807, 2.05) is 30.3 Å². The Morgan fingerprint density at radius 2 is 1.36 bits per heavy atom. The molecular weight excluding hydrogens is 182 g/mol. The Kier molecular flexibility index (Phi) is 2.27. The number of hydrogen-bond acceptors (Lipinski definition) is 0. The minimum absolute atomic E-state index is 0.685. The molecule has 0 N–H and O–H groups in total. The van der Waals surface area contributed by atoms with E-state index in [1.165, 1.54) is 6.07 Å². The van der Waals surface area contributed by atoms with Crippen molar-refractivity contribution in [3.8, 4) is 11.1 Å². The summed E-state index contributed by atoms with van der Waals surface area (Å²) in [6, 6.07) is 13.2. The van der Waals surface area contributed by atoms with E-state index in [9.17, 15) is 8.78 Å². The van der Waals surface area contributed by atoms with E-state index in [0.717, 1.165) is 11.6 Å². The lowest BCUT2D eigenvalue weighted by Gasteiger charge is -2.01. The van der Waals surface area contributed by atoms with Gasteiger partial charge in [-0.15, -0.1) is 0 Å². The monoisotopic (exact) mass is 190 g/mol. The standard InChI is InChI=1S/C12H8F2/c13-11-7-6-10(8-12(11)14)9-4-2-1-3-5-9/h1-8H. The first kappa shape index (κ1) is 8.88. The molecule has 0 aliphatic rings. The molecular formula is C12H8F2. The van der Waals surface area contributed by atoms with Crippen LogP contribution in [0.4, 0.5) is 8.78 Å². The van der Waals surface area contributed by atoms with Crippen LogP contribution in [0.3, 0.4) is 0 Å². The third-order valence-corrected chi connectivity index (χ3v) is 2.03. The van der Waals surface area contributed by atoms with Gasteiger partial charge in [-0.1, -0.05) is 36.4 Å². The van der Waals surface area contributed by atoms with Gasteiger partial charge in [-0.05, 0) is 23.3 Å². The second-order valence-corrected chi connectivity index (χ2v) is 2.99. The lowest BCUT2D eigenvalue weighted by molar-refractivity contribution is 0.509. The van der Waals surface area contributed by atoms with Crippen LogP contribution in [0.5, 0.6) is 0 Å². The highest BCUT2D eigenvalue weighted by atomic mass is 19.2. The smallest absolute Gasteiger partial charge is 0.159 e. The Morgan fingerprint density at radius 1 is 0.643 bits per heavy atom. The zero-order valence-electron chi connectivity index (χ0n) is 7.37. The molecule has 2 aromatic rings. The average Bonchev–Trinajstić information content (AvgIpc) is 2.23. The quantitative estimate of drug-likeness (QED) is 0.644. The number of rotatable bonds is 1. The van der Waals surface area contributed by atoms with Crippen molar-refractivity contribution < 1.29 is 8.78 Å². The van der Waals surface area contributed by atoms with Gasteiger partial charge in [0.25, 0.3) is 0 Å². The molecule has 0 saturated carbocycles. The third-order valence-electron chi connectivity index (χ3n) is 2.03. The fraction of sp³-hybridized carbons (Fsp3) is 0. The van der Waals surface area contributed by atoms with Gasteiger partial charge in [0.15, 0.2) is 11.6 Å². The second-order valence-electron chi connectivity index (χ2n) is 2.99. The van der Waals surface area contributed by atoms with Crippen LogP contribution in [-0.4, -0.2) is 0 Å². The first-order chi connectivity index (χ1) is 6.77. The molecule has 14 heavy (non-hydrogen) atoms. The largest absolute Gasteiger partial charge is 0.204 e. The van der Waals surface area contributed by atoms with E-state index in [0.29, 0.717) is 5.56 Å². The molecule has 0 nitrogen and oxygen atoms in total. The summed E-state index contributed by atoms with van der Waals surface area (Å²) < 4.78 is 25.5. The summed E-state index contributed by atoms with van der Waals surface area (Å²) in [7, 11) is 0. The second kappa shape index (κ2) is 3.58. The highest BCUT2D eigenvalue weighted by Crippen LogP contribution is 2.20. The average molecular weight is 190 g/mol. The van der Waals surface area contributed by atoms with Crippen LogP contribution >= 0.6 is 0 Å². The molecule has 0 radical (unpaired) electrons. The van der Waals surface area contributed by atoms with Crippen LogP contribution in [0.25, 0.3) is 11.1 Å². The zero-order valence-corrected chi connectivity index (χ0v) is 7.37. The molecule has 0 unspecified atom stereocenters. The van der Waals surface area contributed by atoms with Crippen molar-refractivity contribution in [3.63, 3.8) is 0 Å². The molecule has 0 aromatic heterocycles. The maximum atomic E-state index is 12.9. The molecule has 70 valence electrons. The number of benzene rings is 2. The topological polar surface area (TPSA) is 0 Å². The number of hydrogen-bond donors (Lipinski definition) is 0. The predicted octanol–water partition coefficient (Wildman–Crippen LogP) is 3.63. The van der Waals surface area contributed by atoms with Crippen molar-refractivity contribution in [2.45, 2.75) is 0 Å². The molecule has 0 atom stereocenters. The Morgan fingerprint density at radius 3 is 2.00 bits per heavy atom. The van der Waals surface area contributed by atoms with Crippen LogP contribution in [0.15, 0.2) is 48.5 Å². The van der Waals surface area contributed by atoms with E-state index in [4.69, 9.17) is 0 Å². The molecule has 2 rings (SSSR count). The molecule has 0 amide bonds. The van der Waals surface area contributed by atoms with Crippen LogP contribution in [0.2, 0.25) is 0 Å². The normalized spacial score (nSPS) is 10.1. The van der Waals surface area contributed by atoms with Gasteiger partial charge in [0.05, 0.1) is 0 Å². The molecule has 0 bridgehead atoms. The van der Waals surface area contributed by atoms with Gasteiger partial charge < -0.3 is 0 Å². The Labute approximate surface area is 80.8 Å². The van der Waals surface area contributed by atoms with Gasteiger partial charge in [0.2, 0.25) is 0 Å². The Hall–Kier alpha value is -1.70. The van der Waals surface area contributed by atoms with Crippen molar-refractivity contribution in [3.05, 3.63) is 60.2 Å². The first-order valence-corrected chi connectivity index (χ1v) is 4.28. The highest BCUT2D eigenvalue weighted by Gasteiger charge is 2.03. The lowest BCUT2D eigenvalue weighted by Crippen LogP contribution is -1.84. The van der Waals surface area contributed by atoms with Gasteiger partial charge >= 0.3 is 0 Å². The van der Waals surface area contributed by atoms with Gasteiger partial charge in [-0.2, -0.15) is 0 Å². The summed E-state index contributed by atoms with van der Waals surface area (Å²) in [6.07, 6.45) is 0. The Bertz CT molecular complexity index is 435. The summed E-state index contributed by atoms with van der Waals surface area (Å²) in [5.41, 5.74) is 1.57. The maximum absolute atomic E-state index is 12.9. The summed E-state index contributed by atoms with van der Waals surface area (Å²) in [6.45, 7) is 0. The van der Waals surface area contributed by atoms with Crippen molar-refractivity contribution in [1.29, 1.82) is 0 Å². The lowest BCUT2D eigenvalue weighted by atomic mass is 10.1. The fourth-order valence-corrected chi connectivity index (χ4v) is 1.31. The Balaban J connectivity index is 2.48. The SMILES string of the molecule is Fc1ccc(-c2ccccc2)cc1F. The van der Waals surface area contributed by atoms with Gasteiger partial charge in [-0.3, -0.25) is 0 Å². The summed E-state index contributed by atoms with van der Waals surface area (Å²) in [4.78, 5) is 0. The molecule has 0 aliphatic heterocycles. The maximum Gasteiger partial charge on any atom is 0.159 e. The molecule has 0 saturated heterocycles. The number of halogens is 2. The van der Waals surface area contributed by atoms with Gasteiger partial charge in [-0.25, -0.2) is 8.78 Å². The van der Waals surface area contributed by atoms with E-state index in [1.54, 1.807) is 6.07 Å². The van der Waals surface area contributed by atoms with E-state index in [2.05, 4.69) is 0 Å². The van der Waals surface area contributed by atoms with Crippen molar-refractivity contribution in [2.75, 3.05) is 0 Å². The summed E-state index contributed by atoms with van der Waals surface area (Å²) >= 11 is 0. The van der Waals surface area contributed by atoms with E-state index < -0.39 is 11.6 Å². The molecule has 0 aliphatic carbocycles. The molecule has 2 aromatic carbocycles. The van der Waals surface area contributed by atoms with Crippen LogP contribution < -0.4 is 0 Å². The van der Waals surface area contributed by atoms with Crippen molar-refractivity contribution in [2.24, 2.45) is 0 Å². The summed E-state index contributed by atoms with van der Waals surface area (Å²) in [5, 5.41) is 0. The predicted molar refractivity (Wildman–Crippen MR) is 51.8 cm³/mol. The van der Waals surface area contributed by atoms with Crippen molar-refractivity contribution in [1.82, 2.24) is 0 Å². The van der Waals surface area contributed by atoms with Gasteiger partial charge in [0, 0.05) is 0 Å². The minimum atomic E-state index is -0.815. The van der Waals surface area contributed by atoms with Crippen LogP contribution in [-0.2, 0) is 0 Å².